The second kappa shape index (κ2) is 3.54. The van der Waals surface area contributed by atoms with Crippen LogP contribution in [-0.2, 0) is 14.4 Å². The van der Waals surface area contributed by atoms with Crippen molar-refractivity contribution in [1.82, 2.24) is 0 Å². The van der Waals surface area contributed by atoms with Crippen LogP contribution in [0.1, 0.15) is 0 Å². The molecule has 0 bridgehead atoms. The number of hydrogen-bond donors (Lipinski definition) is 4. The van der Waals surface area contributed by atoms with Gasteiger partial charge in [0, 0.05) is 0 Å². The zero-order chi connectivity index (χ0) is 11.0. The number of aliphatic hydroxyl groups is 4. The SMILES string of the molecule is O=C1C(=O)C(O)C(O)[C@H](O)[C@@H](O)C1=O. The summed E-state index contributed by atoms with van der Waals surface area (Å²) in [6.07, 6.45) is -8.46. The molecule has 0 aromatic heterocycles. The molecule has 4 atom stereocenters. The molecule has 7 heteroatoms. The molecule has 1 saturated carbocycles. The van der Waals surface area contributed by atoms with Crippen LogP contribution in [0.3, 0.4) is 0 Å². The normalized spacial score (nSPS) is 39.9. The summed E-state index contributed by atoms with van der Waals surface area (Å²) in [6.45, 7) is 0. The summed E-state index contributed by atoms with van der Waals surface area (Å²) < 4.78 is 0. The molecule has 1 fully saturated rings. The summed E-state index contributed by atoms with van der Waals surface area (Å²) in [6, 6.07) is 0. The maximum atomic E-state index is 10.9. The zero-order valence-electron chi connectivity index (χ0n) is 6.82. The third kappa shape index (κ3) is 1.46. The highest BCUT2D eigenvalue weighted by molar-refractivity contribution is 6.65. The topological polar surface area (TPSA) is 132 Å². The predicted octanol–water partition coefficient (Wildman–Crippen LogP) is -3.85. The number of ketones is 3. The molecule has 0 amide bonds. The van der Waals surface area contributed by atoms with Gasteiger partial charge in [-0.2, -0.15) is 0 Å². The fraction of sp³-hybridized carbons (Fsp3) is 0.571. The summed E-state index contributed by atoms with van der Waals surface area (Å²) in [5, 5.41) is 36.0. The predicted molar refractivity (Wildman–Crippen MR) is 39.0 cm³/mol. The van der Waals surface area contributed by atoms with Crippen molar-refractivity contribution in [3.05, 3.63) is 0 Å². The Morgan fingerprint density at radius 2 is 1.00 bits per heavy atom. The first-order chi connectivity index (χ1) is 6.37. The third-order valence-corrected chi connectivity index (χ3v) is 1.98. The highest BCUT2D eigenvalue weighted by atomic mass is 16.4. The molecule has 78 valence electrons. The van der Waals surface area contributed by atoms with E-state index in [0.717, 1.165) is 0 Å². The molecule has 14 heavy (non-hydrogen) atoms. The van der Waals surface area contributed by atoms with Crippen LogP contribution in [0.15, 0.2) is 0 Å². The number of carbonyl (C=O) groups is 3. The van der Waals surface area contributed by atoms with E-state index in [2.05, 4.69) is 0 Å². The molecule has 0 aliphatic heterocycles. The molecule has 4 N–H and O–H groups in total. The van der Waals surface area contributed by atoms with Crippen LogP contribution in [-0.4, -0.2) is 62.2 Å². The summed E-state index contributed by atoms with van der Waals surface area (Å²) in [4.78, 5) is 32.5. The molecule has 1 rings (SSSR count). The average molecular weight is 204 g/mol. The minimum atomic E-state index is -2.18. The first kappa shape index (κ1) is 10.9. The second-order valence-electron chi connectivity index (χ2n) is 2.93. The van der Waals surface area contributed by atoms with E-state index in [1.165, 1.54) is 0 Å². The Balaban J connectivity index is 3.11. The zero-order valence-corrected chi connectivity index (χ0v) is 6.82. The van der Waals surface area contributed by atoms with Gasteiger partial charge in [0.2, 0.25) is 11.6 Å². The highest BCUT2D eigenvalue weighted by Crippen LogP contribution is 2.12. The lowest BCUT2D eigenvalue weighted by atomic mass is 10.1. The molecule has 1 aliphatic rings. The van der Waals surface area contributed by atoms with Crippen molar-refractivity contribution in [2.24, 2.45) is 0 Å². The molecular formula is C7H8O7. The van der Waals surface area contributed by atoms with Crippen molar-refractivity contribution in [1.29, 1.82) is 0 Å². The molecule has 7 nitrogen and oxygen atoms in total. The first-order valence-corrected chi connectivity index (χ1v) is 3.72. The van der Waals surface area contributed by atoms with Crippen molar-refractivity contribution in [3.8, 4) is 0 Å². The Kier molecular flexibility index (Phi) is 2.76. The van der Waals surface area contributed by atoms with E-state index in [1.54, 1.807) is 0 Å². The summed E-state index contributed by atoms with van der Waals surface area (Å²) in [5.74, 6) is -4.68. The van der Waals surface area contributed by atoms with E-state index in [4.69, 9.17) is 20.4 Å². The fourth-order valence-electron chi connectivity index (χ4n) is 1.07. The van der Waals surface area contributed by atoms with Gasteiger partial charge in [-0.1, -0.05) is 0 Å². The molecule has 1 aliphatic carbocycles. The van der Waals surface area contributed by atoms with Gasteiger partial charge in [-0.3, -0.25) is 14.4 Å². The average Bonchev–Trinajstić information content (AvgIpc) is 2.23. The van der Waals surface area contributed by atoms with Crippen LogP contribution in [0.25, 0.3) is 0 Å². The number of Topliss-reactive ketones (excluding diaryl/α,β-unsaturated/α-hetero) is 3. The Morgan fingerprint density at radius 1 is 0.714 bits per heavy atom. The van der Waals surface area contributed by atoms with Crippen molar-refractivity contribution in [3.63, 3.8) is 0 Å². The lowest BCUT2D eigenvalue weighted by Crippen LogP contribution is -2.45. The Labute approximate surface area is 77.6 Å². The molecule has 2 unspecified atom stereocenters. The monoisotopic (exact) mass is 204 g/mol. The lowest BCUT2D eigenvalue weighted by molar-refractivity contribution is -0.149. The largest absolute Gasteiger partial charge is 0.387 e. The standard InChI is InChI=1S/C7H8O7/c8-1-2(9)4(11)6(13)7(14)5(12)3(1)10/h1-4,8-11H/t1-,2?,3+,4?/m0/s1. The van der Waals surface area contributed by atoms with Crippen molar-refractivity contribution < 1.29 is 34.8 Å². The van der Waals surface area contributed by atoms with E-state index < -0.39 is 41.8 Å². The number of hydrogen-bond acceptors (Lipinski definition) is 7. The third-order valence-electron chi connectivity index (χ3n) is 1.98. The van der Waals surface area contributed by atoms with Crippen LogP contribution < -0.4 is 0 Å². The van der Waals surface area contributed by atoms with Crippen LogP contribution in [0.4, 0.5) is 0 Å². The van der Waals surface area contributed by atoms with Gasteiger partial charge in [0.15, 0.2) is 0 Å². The molecule has 0 aromatic rings. The summed E-state index contributed by atoms with van der Waals surface area (Å²) in [7, 11) is 0. The van der Waals surface area contributed by atoms with Gasteiger partial charge < -0.3 is 20.4 Å². The number of rotatable bonds is 0. The first-order valence-electron chi connectivity index (χ1n) is 3.72. The lowest BCUT2D eigenvalue weighted by Gasteiger charge is -2.19. The molecule has 0 spiro atoms. The van der Waals surface area contributed by atoms with E-state index in [1.807, 2.05) is 0 Å². The number of carbonyl (C=O) groups excluding carboxylic acids is 3. The molecule has 0 aromatic carbocycles. The van der Waals surface area contributed by atoms with Crippen LogP contribution >= 0.6 is 0 Å². The van der Waals surface area contributed by atoms with Gasteiger partial charge in [-0.25, -0.2) is 0 Å². The fourth-order valence-corrected chi connectivity index (χ4v) is 1.07. The Morgan fingerprint density at radius 3 is 1.29 bits per heavy atom. The Hall–Kier alpha value is -1.15. The van der Waals surface area contributed by atoms with Crippen LogP contribution in [0.5, 0.6) is 0 Å². The van der Waals surface area contributed by atoms with E-state index in [-0.39, 0.29) is 0 Å². The maximum Gasteiger partial charge on any atom is 0.269 e. The van der Waals surface area contributed by atoms with Crippen LogP contribution in [0.2, 0.25) is 0 Å². The summed E-state index contributed by atoms with van der Waals surface area (Å²) in [5.41, 5.74) is 0. The van der Waals surface area contributed by atoms with Gasteiger partial charge in [0.25, 0.3) is 5.78 Å². The highest BCUT2D eigenvalue weighted by Gasteiger charge is 2.47. The van der Waals surface area contributed by atoms with Gasteiger partial charge in [-0.15, -0.1) is 0 Å². The second-order valence-corrected chi connectivity index (χ2v) is 2.93. The van der Waals surface area contributed by atoms with Gasteiger partial charge >= 0.3 is 0 Å². The molecule has 0 radical (unpaired) electrons. The summed E-state index contributed by atoms with van der Waals surface area (Å²) >= 11 is 0. The van der Waals surface area contributed by atoms with E-state index >= 15 is 0 Å². The van der Waals surface area contributed by atoms with Crippen LogP contribution in [0, 0.1) is 0 Å². The van der Waals surface area contributed by atoms with E-state index in [9.17, 15) is 14.4 Å². The molecular weight excluding hydrogens is 196 g/mol. The van der Waals surface area contributed by atoms with E-state index in [0.29, 0.717) is 0 Å². The molecule has 0 saturated heterocycles. The van der Waals surface area contributed by atoms with Crippen molar-refractivity contribution >= 4 is 17.3 Å². The minimum Gasteiger partial charge on any atom is -0.387 e. The smallest absolute Gasteiger partial charge is 0.269 e. The van der Waals surface area contributed by atoms with Crippen molar-refractivity contribution in [2.45, 2.75) is 24.4 Å². The maximum absolute atomic E-state index is 10.9. The van der Waals surface area contributed by atoms with Crippen molar-refractivity contribution in [2.75, 3.05) is 0 Å². The number of aliphatic hydroxyl groups excluding tert-OH is 4. The van der Waals surface area contributed by atoms with Gasteiger partial charge in [-0.05, 0) is 0 Å². The quantitative estimate of drug-likeness (QED) is 0.234. The van der Waals surface area contributed by atoms with Gasteiger partial charge in [0.05, 0.1) is 0 Å². The minimum absolute atomic E-state index is 1.53. The van der Waals surface area contributed by atoms with Gasteiger partial charge in [0.1, 0.15) is 24.4 Å². The molecule has 0 heterocycles. The Bertz CT molecular complexity index is 268.